The van der Waals surface area contributed by atoms with Crippen molar-refractivity contribution < 1.29 is 5.11 Å². The first-order valence-electron chi connectivity index (χ1n) is 5.68. The van der Waals surface area contributed by atoms with Gasteiger partial charge in [-0.3, -0.25) is 0 Å². The van der Waals surface area contributed by atoms with Gasteiger partial charge in [-0.05, 0) is 22.6 Å². The topological polar surface area (TPSA) is 20.2 Å². The van der Waals surface area contributed by atoms with Crippen molar-refractivity contribution in [3.63, 3.8) is 0 Å². The first-order chi connectivity index (χ1) is 8.86. The molecule has 0 fully saturated rings. The molecule has 0 aliphatic carbocycles. The number of hydrogen-bond donors (Lipinski definition) is 1. The molecule has 0 aliphatic rings. The molecular formula is C16H14OS. The summed E-state index contributed by atoms with van der Waals surface area (Å²) in [4.78, 5) is 0. The first kappa shape index (κ1) is 12.4. The van der Waals surface area contributed by atoms with E-state index in [1.807, 2.05) is 17.5 Å². The van der Waals surface area contributed by atoms with Gasteiger partial charge in [0, 0.05) is 5.38 Å². The zero-order valence-electron chi connectivity index (χ0n) is 9.86. The van der Waals surface area contributed by atoms with Crippen molar-refractivity contribution in [1.82, 2.24) is 0 Å². The molecule has 2 heteroatoms. The third-order valence-corrected chi connectivity index (χ3v) is 3.06. The third kappa shape index (κ3) is 3.75. The molecule has 0 unspecified atom stereocenters. The summed E-state index contributed by atoms with van der Waals surface area (Å²) in [7, 11) is 0. The largest absolute Gasteiger partial charge is 0.507 e. The Balaban J connectivity index is 0.000000169. The zero-order chi connectivity index (χ0) is 12.6. The molecule has 0 spiro atoms. The standard InChI is InChI=1S/C12H10.C4H4OS/c1-3-7-11(8-4-1)12-9-5-2-6-10-12;5-4-1-2-6-3-4/h1-10H;1-3,5H. The van der Waals surface area contributed by atoms with Gasteiger partial charge in [0.2, 0.25) is 0 Å². The normalized spacial score (nSPS) is 9.33. The van der Waals surface area contributed by atoms with Crippen molar-refractivity contribution in [3.8, 4) is 16.9 Å². The van der Waals surface area contributed by atoms with Crippen LogP contribution in [0.3, 0.4) is 0 Å². The predicted molar refractivity (Wildman–Crippen MR) is 77.9 cm³/mol. The van der Waals surface area contributed by atoms with E-state index in [0.717, 1.165) is 0 Å². The van der Waals surface area contributed by atoms with Crippen LogP contribution in [0.2, 0.25) is 0 Å². The summed E-state index contributed by atoms with van der Waals surface area (Å²) < 4.78 is 0. The minimum absolute atomic E-state index is 0.361. The summed E-state index contributed by atoms with van der Waals surface area (Å²) in [6.07, 6.45) is 0. The second-order valence-corrected chi connectivity index (χ2v) is 4.49. The number of hydrogen-bond acceptors (Lipinski definition) is 2. The predicted octanol–water partition coefficient (Wildman–Crippen LogP) is 4.81. The monoisotopic (exact) mass is 254 g/mol. The van der Waals surface area contributed by atoms with Crippen molar-refractivity contribution in [3.05, 3.63) is 77.5 Å². The second kappa shape index (κ2) is 6.62. The molecule has 1 nitrogen and oxygen atoms in total. The van der Waals surface area contributed by atoms with E-state index in [4.69, 9.17) is 5.11 Å². The fraction of sp³-hybridized carbons (Fsp3) is 0. The Labute approximate surface area is 111 Å². The summed E-state index contributed by atoms with van der Waals surface area (Å²) in [5.74, 6) is 0.361. The zero-order valence-corrected chi connectivity index (χ0v) is 10.7. The van der Waals surface area contributed by atoms with Crippen LogP contribution in [0.25, 0.3) is 11.1 Å². The summed E-state index contributed by atoms with van der Waals surface area (Å²) in [6.45, 7) is 0. The molecule has 18 heavy (non-hydrogen) atoms. The Morgan fingerprint density at radius 1 is 0.667 bits per heavy atom. The first-order valence-corrected chi connectivity index (χ1v) is 6.62. The van der Waals surface area contributed by atoms with E-state index in [0.29, 0.717) is 5.75 Å². The van der Waals surface area contributed by atoms with Crippen molar-refractivity contribution >= 4 is 11.3 Å². The minimum atomic E-state index is 0.361. The number of benzene rings is 2. The van der Waals surface area contributed by atoms with Gasteiger partial charge >= 0.3 is 0 Å². The Morgan fingerprint density at radius 2 is 1.17 bits per heavy atom. The Morgan fingerprint density at radius 3 is 1.44 bits per heavy atom. The summed E-state index contributed by atoms with van der Waals surface area (Å²) >= 11 is 1.49. The van der Waals surface area contributed by atoms with Gasteiger partial charge in [0.15, 0.2) is 0 Å². The minimum Gasteiger partial charge on any atom is -0.507 e. The van der Waals surface area contributed by atoms with Gasteiger partial charge in [-0.15, -0.1) is 11.3 Å². The molecular weight excluding hydrogens is 240 g/mol. The fourth-order valence-electron chi connectivity index (χ4n) is 1.52. The second-order valence-electron chi connectivity index (χ2n) is 3.71. The molecule has 2 aromatic carbocycles. The van der Waals surface area contributed by atoms with Crippen LogP contribution in [-0.4, -0.2) is 5.11 Å². The van der Waals surface area contributed by atoms with E-state index >= 15 is 0 Å². The van der Waals surface area contributed by atoms with Crippen LogP contribution >= 0.6 is 11.3 Å². The van der Waals surface area contributed by atoms with Gasteiger partial charge in [-0.1, -0.05) is 60.7 Å². The van der Waals surface area contributed by atoms with E-state index in [1.54, 1.807) is 11.4 Å². The van der Waals surface area contributed by atoms with Gasteiger partial charge in [-0.25, -0.2) is 0 Å². The van der Waals surface area contributed by atoms with Crippen molar-refractivity contribution in [2.45, 2.75) is 0 Å². The maximum atomic E-state index is 8.48. The molecule has 1 N–H and O–H groups in total. The quantitative estimate of drug-likeness (QED) is 0.661. The Kier molecular flexibility index (Phi) is 4.56. The molecule has 90 valence electrons. The SMILES string of the molecule is Oc1ccsc1.c1ccc(-c2ccccc2)cc1. The molecule has 0 amide bonds. The van der Waals surface area contributed by atoms with Gasteiger partial charge in [0.05, 0.1) is 0 Å². The fourth-order valence-corrected chi connectivity index (χ4v) is 2.03. The van der Waals surface area contributed by atoms with Crippen LogP contribution in [0.4, 0.5) is 0 Å². The van der Waals surface area contributed by atoms with Crippen molar-refractivity contribution in [2.75, 3.05) is 0 Å². The van der Waals surface area contributed by atoms with Gasteiger partial charge in [0.25, 0.3) is 0 Å². The summed E-state index contributed by atoms with van der Waals surface area (Å²) in [6, 6.07) is 22.4. The van der Waals surface area contributed by atoms with Crippen LogP contribution in [-0.2, 0) is 0 Å². The van der Waals surface area contributed by atoms with Crippen LogP contribution < -0.4 is 0 Å². The van der Waals surface area contributed by atoms with E-state index in [9.17, 15) is 0 Å². The molecule has 1 heterocycles. The molecule has 0 radical (unpaired) electrons. The highest BCUT2D eigenvalue weighted by Gasteiger charge is 1.91. The number of rotatable bonds is 1. The lowest BCUT2D eigenvalue weighted by atomic mass is 10.1. The highest BCUT2D eigenvalue weighted by atomic mass is 32.1. The average molecular weight is 254 g/mol. The maximum absolute atomic E-state index is 8.48. The van der Waals surface area contributed by atoms with Crippen molar-refractivity contribution in [1.29, 1.82) is 0 Å². The molecule has 3 aromatic rings. The van der Waals surface area contributed by atoms with Crippen LogP contribution in [0.5, 0.6) is 5.75 Å². The van der Waals surface area contributed by atoms with Crippen LogP contribution in [0.15, 0.2) is 77.5 Å². The van der Waals surface area contributed by atoms with E-state index in [-0.39, 0.29) is 0 Å². The number of aromatic hydroxyl groups is 1. The highest BCUT2D eigenvalue weighted by Crippen LogP contribution is 2.17. The van der Waals surface area contributed by atoms with Crippen LogP contribution in [0, 0.1) is 0 Å². The molecule has 3 rings (SSSR count). The smallest absolute Gasteiger partial charge is 0.126 e. The van der Waals surface area contributed by atoms with Crippen molar-refractivity contribution in [2.24, 2.45) is 0 Å². The molecule has 0 atom stereocenters. The van der Waals surface area contributed by atoms with Gasteiger partial charge in [0.1, 0.15) is 5.75 Å². The van der Waals surface area contributed by atoms with E-state index in [1.165, 1.54) is 22.5 Å². The third-order valence-electron chi connectivity index (χ3n) is 2.39. The van der Waals surface area contributed by atoms with E-state index < -0.39 is 0 Å². The number of thiophene rings is 1. The maximum Gasteiger partial charge on any atom is 0.126 e. The Bertz CT molecular complexity index is 507. The molecule has 0 saturated carbocycles. The lowest BCUT2D eigenvalue weighted by Crippen LogP contribution is -1.73. The van der Waals surface area contributed by atoms with Crippen LogP contribution in [0.1, 0.15) is 0 Å². The highest BCUT2D eigenvalue weighted by molar-refractivity contribution is 7.08. The molecule has 0 aliphatic heterocycles. The average Bonchev–Trinajstić information content (AvgIpc) is 2.93. The molecule has 0 bridgehead atoms. The van der Waals surface area contributed by atoms with Gasteiger partial charge < -0.3 is 5.11 Å². The lowest BCUT2D eigenvalue weighted by Gasteiger charge is -1.98. The lowest BCUT2D eigenvalue weighted by molar-refractivity contribution is 0.478. The summed E-state index contributed by atoms with van der Waals surface area (Å²) in [5.41, 5.74) is 2.55. The molecule has 0 saturated heterocycles. The Hall–Kier alpha value is -2.06. The summed E-state index contributed by atoms with van der Waals surface area (Å²) in [5, 5.41) is 12.0. The van der Waals surface area contributed by atoms with E-state index in [2.05, 4.69) is 48.5 Å². The molecule has 1 aromatic heterocycles. The van der Waals surface area contributed by atoms with Gasteiger partial charge in [-0.2, -0.15) is 0 Å².